The molecule has 1 saturated heterocycles. The molecule has 1 aromatic heterocycles. The molecule has 0 saturated carbocycles. The highest BCUT2D eigenvalue weighted by Gasteiger charge is 2.41. The van der Waals surface area contributed by atoms with Gasteiger partial charge in [-0.15, -0.1) is 0 Å². The van der Waals surface area contributed by atoms with Crippen LogP contribution in [0.4, 0.5) is 5.13 Å². The lowest BCUT2D eigenvalue weighted by Gasteiger charge is -2.39. The van der Waals surface area contributed by atoms with Gasteiger partial charge in [0.25, 0.3) is 0 Å². The molecule has 0 aliphatic carbocycles. The predicted molar refractivity (Wildman–Crippen MR) is 152 cm³/mol. The van der Waals surface area contributed by atoms with Crippen molar-refractivity contribution >= 4 is 38.4 Å². The van der Waals surface area contributed by atoms with Gasteiger partial charge in [0.15, 0.2) is 5.13 Å². The third-order valence-electron chi connectivity index (χ3n) is 6.79. The molecular weight excluding hydrogens is 536 g/mol. The Bertz CT molecular complexity index is 1400. The van der Waals surface area contributed by atoms with E-state index in [2.05, 4.69) is 31.1 Å². The molecule has 1 amide bonds. The van der Waals surface area contributed by atoms with Crippen LogP contribution in [0.25, 0.3) is 0 Å². The zero-order valence-electron chi connectivity index (χ0n) is 22.3. The number of carbonyl (C=O) groups is 2. The Morgan fingerprint density at radius 3 is 2.33 bits per heavy atom. The third kappa shape index (κ3) is 6.66. The monoisotopic (exact) mass is 570 g/mol. The molecule has 2 N–H and O–H groups in total. The van der Waals surface area contributed by atoms with Gasteiger partial charge in [0.1, 0.15) is 10.9 Å². The van der Waals surface area contributed by atoms with Gasteiger partial charge in [-0.1, -0.05) is 74.9 Å². The lowest BCUT2D eigenvalue weighted by molar-refractivity contribution is -0.125. The van der Waals surface area contributed by atoms with E-state index in [1.54, 1.807) is 17.0 Å². The fraction of sp³-hybridized carbons (Fsp3) is 0.393. The highest BCUT2D eigenvalue weighted by atomic mass is 32.2. The fourth-order valence-corrected chi connectivity index (χ4v) is 6.89. The van der Waals surface area contributed by atoms with Crippen LogP contribution in [0.2, 0.25) is 0 Å². The number of hydrogen-bond acceptors (Lipinski definition) is 7. The zero-order valence-corrected chi connectivity index (χ0v) is 24.0. The number of carboxylic acids is 1. The standard InChI is InChI=1S/C28H34N4O5S2/c1-4-5-20-8-12-23(13-9-20)39(36,37)32-15-14-31(28-30-17-25(38-28)27(34)35)18-24(32)26(33)29-16-21-6-10-22(11-7-21)19(2)3/h6-13,17,19,24H,4-5,14-16,18H2,1-3H3,(H,29,33)(H,34,35). The van der Waals surface area contributed by atoms with Crippen molar-refractivity contribution < 1.29 is 23.1 Å². The molecule has 0 bridgehead atoms. The van der Waals surface area contributed by atoms with Gasteiger partial charge in [-0.3, -0.25) is 4.79 Å². The molecule has 2 aromatic carbocycles. The quantitative estimate of drug-likeness (QED) is 0.376. The maximum atomic E-state index is 13.7. The van der Waals surface area contributed by atoms with Crippen LogP contribution in [0, 0.1) is 0 Å². The highest BCUT2D eigenvalue weighted by Crippen LogP contribution is 2.28. The van der Waals surface area contributed by atoms with Crippen molar-refractivity contribution in [3.8, 4) is 0 Å². The Hall–Kier alpha value is -3.28. The van der Waals surface area contributed by atoms with E-state index in [-0.39, 0.29) is 36.0 Å². The molecule has 3 aromatic rings. The first-order chi connectivity index (χ1) is 18.6. The normalized spacial score (nSPS) is 16.4. The van der Waals surface area contributed by atoms with Gasteiger partial charge in [0.2, 0.25) is 15.9 Å². The van der Waals surface area contributed by atoms with E-state index in [1.807, 2.05) is 36.4 Å². The Balaban J connectivity index is 1.57. The summed E-state index contributed by atoms with van der Waals surface area (Å²) in [5.41, 5.74) is 3.16. The number of sulfonamides is 1. The number of thiazole rings is 1. The summed E-state index contributed by atoms with van der Waals surface area (Å²) in [7, 11) is -3.97. The van der Waals surface area contributed by atoms with E-state index in [0.717, 1.165) is 35.3 Å². The summed E-state index contributed by atoms with van der Waals surface area (Å²) < 4.78 is 28.7. The number of nitrogens with zero attached hydrogens (tertiary/aromatic N) is 3. The molecule has 39 heavy (non-hydrogen) atoms. The second-order valence-electron chi connectivity index (χ2n) is 9.90. The average molecular weight is 571 g/mol. The minimum absolute atomic E-state index is 0.0534. The van der Waals surface area contributed by atoms with Crippen molar-refractivity contribution in [1.82, 2.24) is 14.6 Å². The molecule has 208 valence electrons. The van der Waals surface area contributed by atoms with E-state index in [4.69, 9.17) is 0 Å². The van der Waals surface area contributed by atoms with E-state index in [1.165, 1.54) is 16.1 Å². The SMILES string of the molecule is CCCc1ccc(S(=O)(=O)N2CCN(c3ncc(C(=O)O)s3)CC2C(=O)NCc2ccc(C(C)C)cc2)cc1. The first-order valence-electron chi connectivity index (χ1n) is 13.0. The summed E-state index contributed by atoms with van der Waals surface area (Å²) in [6.45, 7) is 6.93. The molecule has 1 aliphatic rings. The van der Waals surface area contributed by atoms with Crippen LogP contribution in [0.3, 0.4) is 0 Å². The van der Waals surface area contributed by atoms with Crippen LogP contribution >= 0.6 is 11.3 Å². The number of carboxylic acid groups (broad SMARTS) is 1. The summed E-state index contributed by atoms with van der Waals surface area (Å²) in [6.07, 6.45) is 3.09. The maximum absolute atomic E-state index is 13.7. The molecule has 4 rings (SSSR count). The smallest absolute Gasteiger partial charge is 0.347 e. The topological polar surface area (TPSA) is 120 Å². The number of aryl methyl sites for hydroxylation is 1. The molecule has 1 atom stereocenters. The number of rotatable bonds is 10. The van der Waals surface area contributed by atoms with Crippen LogP contribution in [-0.2, 0) is 27.8 Å². The number of amides is 1. The number of anilines is 1. The van der Waals surface area contributed by atoms with Crippen LogP contribution in [-0.4, -0.2) is 60.4 Å². The van der Waals surface area contributed by atoms with Crippen molar-refractivity contribution in [1.29, 1.82) is 0 Å². The molecule has 0 spiro atoms. The Morgan fingerprint density at radius 2 is 1.74 bits per heavy atom. The lowest BCUT2D eigenvalue weighted by atomic mass is 10.0. The number of hydrogen-bond donors (Lipinski definition) is 2. The average Bonchev–Trinajstić information content (AvgIpc) is 3.43. The molecule has 1 fully saturated rings. The maximum Gasteiger partial charge on any atom is 0.347 e. The predicted octanol–water partition coefficient (Wildman–Crippen LogP) is 4.11. The van der Waals surface area contributed by atoms with Crippen molar-refractivity contribution in [2.75, 3.05) is 24.5 Å². The summed E-state index contributed by atoms with van der Waals surface area (Å²) in [5, 5.41) is 12.6. The zero-order chi connectivity index (χ0) is 28.2. The first-order valence-corrected chi connectivity index (χ1v) is 15.3. The minimum atomic E-state index is -3.97. The molecule has 1 unspecified atom stereocenters. The number of carbonyl (C=O) groups excluding carboxylic acids is 1. The molecule has 1 aliphatic heterocycles. The van der Waals surface area contributed by atoms with Gasteiger partial charge in [-0.2, -0.15) is 4.31 Å². The van der Waals surface area contributed by atoms with Crippen LogP contribution < -0.4 is 10.2 Å². The van der Waals surface area contributed by atoms with Crippen molar-refractivity contribution in [3.63, 3.8) is 0 Å². The van der Waals surface area contributed by atoms with Gasteiger partial charge >= 0.3 is 5.97 Å². The fourth-order valence-electron chi connectivity index (χ4n) is 4.53. The third-order valence-corrected chi connectivity index (χ3v) is 9.76. The van der Waals surface area contributed by atoms with Gasteiger partial charge in [0.05, 0.1) is 11.1 Å². The van der Waals surface area contributed by atoms with Crippen molar-refractivity contribution in [3.05, 3.63) is 76.3 Å². The van der Waals surface area contributed by atoms with Crippen LogP contribution in [0.1, 0.15) is 59.5 Å². The number of nitrogens with one attached hydrogen (secondary N) is 1. The first kappa shape index (κ1) is 28.7. The lowest BCUT2D eigenvalue weighted by Crippen LogP contribution is -2.60. The molecule has 0 radical (unpaired) electrons. The van der Waals surface area contributed by atoms with E-state index < -0.39 is 27.9 Å². The minimum Gasteiger partial charge on any atom is -0.477 e. The Labute approximate surface area is 233 Å². The summed E-state index contributed by atoms with van der Waals surface area (Å²) in [4.78, 5) is 31.1. The summed E-state index contributed by atoms with van der Waals surface area (Å²) in [5.74, 6) is -1.11. The van der Waals surface area contributed by atoms with Crippen molar-refractivity contribution in [2.45, 2.75) is 57.0 Å². The Morgan fingerprint density at radius 1 is 1.08 bits per heavy atom. The number of aromatic carboxylic acids is 1. The summed E-state index contributed by atoms with van der Waals surface area (Å²) >= 11 is 1.00. The molecule has 9 nitrogen and oxygen atoms in total. The number of benzene rings is 2. The number of aromatic nitrogens is 1. The molecular formula is C28H34N4O5S2. The molecule has 11 heteroatoms. The summed E-state index contributed by atoms with van der Waals surface area (Å²) in [6, 6.07) is 13.8. The number of piperazine rings is 1. The van der Waals surface area contributed by atoms with Crippen LogP contribution in [0.5, 0.6) is 0 Å². The van der Waals surface area contributed by atoms with Gasteiger partial charge in [-0.05, 0) is 41.2 Å². The second-order valence-corrected chi connectivity index (χ2v) is 12.8. The molecule has 2 heterocycles. The Kier molecular flexibility index (Phi) is 9.04. The van der Waals surface area contributed by atoms with E-state index >= 15 is 0 Å². The second kappa shape index (κ2) is 12.3. The largest absolute Gasteiger partial charge is 0.477 e. The van der Waals surface area contributed by atoms with Gasteiger partial charge < -0.3 is 15.3 Å². The van der Waals surface area contributed by atoms with E-state index in [0.29, 0.717) is 11.0 Å². The van der Waals surface area contributed by atoms with Gasteiger partial charge in [-0.25, -0.2) is 18.2 Å². The van der Waals surface area contributed by atoms with Crippen LogP contribution in [0.15, 0.2) is 59.6 Å². The van der Waals surface area contributed by atoms with Crippen molar-refractivity contribution in [2.24, 2.45) is 0 Å². The van der Waals surface area contributed by atoms with Gasteiger partial charge in [0, 0.05) is 26.2 Å². The highest BCUT2D eigenvalue weighted by molar-refractivity contribution is 7.89. The van der Waals surface area contributed by atoms with E-state index in [9.17, 15) is 23.1 Å².